The molecule has 2 N–H and O–H groups in total. The van der Waals surface area contributed by atoms with E-state index in [2.05, 4.69) is 0 Å². The highest BCUT2D eigenvalue weighted by molar-refractivity contribution is 7.98. The maximum Gasteiger partial charge on any atom is 0.312 e. The largest absolute Gasteiger partial charge is 0.393 e. The Balaban J connectivity index is 3.29. The lowest BCUT2D eigenvalue weighted by molar-refractivity contribution is -0.386. The van der Waals surface area contributed by atoms with Crippen molar-refractivity contribution < 1.29 is 13.3 Å². The molecule has 0 heterocycles. The number of thioether (sulfide) groups is 1. The minimum atomic E-state index is -3.91. The van der Waals surface area contributed by atoms with E-state index in [4.69, 9.17) is 5.73 Å². The van der Waals surface area contributed by atoms with Gasteiger partial charge in [0.2, 0.25) is 10.0 Å². The number of nitrogens with zero attached hydrogens (tertiary/aromatic N) is 2. The van der Waals surface area contributed by atoms with Crippen LogP contribution in [0.4, 0.5) is 11.4 Å². The molecule has 0 bridgehead atoms. The van der Waals surface area contributed by atoms with Crippen LogP contribution in [0.25, 0.3) is 0 Å². The average Bonchev–Trinajstić information content (AvgIpc) is 2.34. The predicted molar refractivity (Wildman–Crippen MR) is 75.7 cm³/mol. The van der Waals surface area contributed by atoms with Crippen LogP contribution in [0.2, 0.25) is 0 Å². The predicted octanol–water partition coefficient (Wildman–Crippen LogP) is 1.16. The molecule has 19 heavy (non-hydrogen) atoms. The summed E-state index contributed by atoms with van der Waals surface area (Å²) in [5, 5.41) is 11.0. The minimum Gasteiger partial charge on any atom is -0.393 e. The number of hydrogen-bond acceptors (Lipinski definition) is 6. The van der Waals surface area contributed by atoms with Crippen LogP contribution >= 0.6 is 11.8 Å². The Morgan fingerprint density at radius 1 is 1.47 bits per heavy atom. The standard InChI is InChI=1S/C10H15N3O4S2/c1-12(6-7-18-2)19(16,17)9-5-3-4-8(11)10(9)13(14)15/h3-5H,6-7,11H2,1-2H3. The third-order valence-corrected chi connectivity index (χ3v) is 4.99. The van der Waals surface area contributed by atoms with E-state index >= 15 is 0 Å². The summed E-state index contributed by atoms with van der Waals surface area (Å²) in [5.41, 5.74) is 4.76. The van der Waals surface area contributed by atoms with Crippen molar-refractivity contribution in [3.05, 3.63) is 28.3 Å². The van der Waals surface area contributed by atoms with Crippen LogP contribution in [0, 0.1) is 10.1 Å². The Morgan fingerprint density at radius 3 is 2.63 bits per heavy atom. The lowest BCUT2D eigenvalue weighted by Gasteiger charge is -2.16. The molecule has 1 rings (SSSR count). The molecule has 0 spiro atoms. The lowest BCUT2D eigenvalue weighted by atomic mass is 10.3. The minimum absolute atomic E-state index is 0.163. The third kappa shape index (κ3) is 3.37. The zero-order chi connectivity index (χ0) is 14.6. The van der Waals surface area contributed by atoms with E-state index in [0.717, 1.165) is 4.31 Å². The number of nitro groups is 1. The number of para-hydroxylation sites is 1. The monoisotopic (exact) mass is 305 g/mol. The maximum absolute atomic E-state index is 12.3. The summed E-state index contributed by atoms with van der Waals surface area (Å²) in [4.78, 5) is 9.82. The van der Waals surface area contributed by atoms with Crippen LogP contribution in [-0.2, 0) is 10.0 Å². The SMILES string of the molecule is CSCCN(C)S(=O)(=O)c1cccc(N)c1[N+](=O)[O-]. The molecule has 1 aromatic rings. The van der Waals surface area contributed by atoms with E-state index < -0.39 is 20.6 Å². The summed E-state index contributed by atoms with van der Waals surface area (Å²) >= 11 is 1.49. The van der Waals surface area contributed by atoms with Gasteiger partial charge in [0, 0.05) is 19.3 Å². The first kappa shape index (κ1) is 15.7. The fourth-order valence-corrected chi connectivity index (χ4v) is 3.38. The summed E-state index contributed by atoms with van der Waals surface area (Å²) in [6, 6.07) is 3.89. The van der Waals surface area contributed by atoms with E-state index in [9.17, 15) is 18.5 Å². The van der Waals surface area contributed by atoms with Gasteiger partial charge in [0.25, 0.3) is 0 Å². The molecule has 0 fully saturated rings. The third-order valence-electron chi connectivity index (χ3n) is 2.51. The first-order chi connectivity index (χ1) is 8.82. The molecule has 0 saturated heterocycles. The van der Waals surface area contributed by atoms with Gasteiger partial charge in [-0.1, -0.05) is 6.07 Å². The molecule has 0 aliphatic rings. The van der Waals surface area contributed by atoms with Crippen LogP contribution in [0.5, 0.6) is 0 Å². The molecule has 0 amide bonds. The van der Waals surface area contributed by atoms with Crippen molar-refractivity contribution in [1.29, 1.82) is 0 Å². The molecule has 0 aromatic heterocycles. The fraction of sp³-hybridized carbons (Fsp3) is 0.400. The number of hydrogen-bond donors (Lipinski definition) is 1. The molecule has 0 aliphatic heterocycles. The van der Waals surface area contributed by atoms with Gasteiger partial charge in [-0.25, -0.2) is 8.42 Å². The maximum atomic E-state index is 12.3. The highest BCUT2D eigenvalue weighted by atomic mass is 32.2. The van der Waals surface area contributed by atoms with E-state index in [-0.39, 0.29) is 17.1 Å². The molecule has 0 unspecified atom stereocenters. The van der Waals surface area contributed by atoms with Gasteiger partial charge < -0.3 is 5.73 Å². The number of rotatable bonds is 6. The van der Waals surface area contributed by atoms with Gasteiger partial charge >= 0.3 is 5.69 Å². The van der Waals surface area contributed by atoms with Gasteiger partial charge in [-0.05, 0) is 18.4 Å². The molecule has 0 atom stereocenters. The normalized spacial score (nSPS) is 11.7. The first-order valence-corrected chi connectivity index (χ1v) is 8.14. The van der Waals surface area contributed by atoms with Crippen LogP contribution in [-0.4, -0.2) is 43.2 Å². The van der Waals surface area contributed by atoms with Crippen molar-refractivity contribution >= 4 is 33.2 Å². The smallest absolute Gasteiger partial charge is 0.312 e. The quantitative estimate of drug-likeness (QED) is 0.480. The number of nitrogen functional groups attached to an aromatic ring is 1. The number of anilines is 1. The van der Waals surface area contributed by atoms with Gasteiger partial charge in [0.15, 0.2) is 4.90 Å². The summed E-state index contributed by atoms with van der Waals surface area (Å²) in [6.07, 6.45) is 1.85. The van der Waals surface area contributed by atoms with Gasteiger partial charge in [0.05, 0.1) is 4.92 Å². The number of benzene rings is 1. The Hall–Kier alpha value is -1.32. The molecule has 0 aliphatic carbocycles. The Kier molecular flexibility index (Phi) is 5.15. The lowest BCUT2D eigenvalue weighted by Crippen LogP contribution is -2.29. The zero-order valence-corrected chi connectivity index (χ0v) is 12.2. The van der Waals surface area contributed by atoms with Crippen molar-refractivity contribution in [2.75, 3.05) is 31.3 Å². The van der Waals surface area contributed by atoms with Gasteiger partial charge in [-0.3, -0.25) is 10.1 Å². The van der Waals surface area contributed by atoms with Crippen molar-refractivity contribution in [3.63, 3.8) is 0 Å². The van der Waals surface area contributed by atoms with E-state index in [1.54, 1.807) is 0 Å². The number of nitrogens with two attached hydrogens (primary N) is 1. The highest BCUT2D eigenvalue weighted by Crippen LogP contribution is 2.31. The number of sulfonamides is 1. The van der Waals surface area contributed by atoms with Gasteiger partial charge in [0.1, 0.15) is 5.69 Å². The molecular formula is C10H15N3O4S2. The Labute approximate surface area is 116 Å². The second-order valence-electron chi connectivity index (χ2n) is 3.77. The van der Waals surface area contributed by atoms with Gasteiger partial charge in [-0.2, -0.15) is 16.1 Å². The molecule has 9 heteroatoms. The summed E-state index contributed by atoms with van der Waals surface area (Å²) in [7, 11) is -2.52. The second-order valence-corrected chi connectivity index (χ2v) is 6.77. The average molecular weight is 305 g/mol. The van der Waals surface area contributed by atoms with E-state index in [1.807, 2.05) is 6.26 Å². The molecule has 106 valence electrons. The van der Waals surface area contributed by atoms with Crippen LogP contribution in [0.3, 0.4) is 0 Å². The Morgan fingerprint density at radius 2 is 2.11 bits per heavy atom. The topological polar surface area (TPSA) is 107 Å². The zero-order valence-electron chi connectivity index (χ0n) is 10.6. The molecule has 0 radical (unpaired) electrons. The molecule has 7 nitrogen and oxygen atoms in total. The van der Waals surface area contributed by atoms with Crippen molar-refractivity contribution in [2.45, 2.75) is 4.90 Å². The molecular weight excluding hydrogens is 290 g/mol. The van der Waals surface area contributed by atoms with Crippen LogP contribution in [0.1, 0.15) is 0 Å². The summed E-state index contributed by atoms with van der Waals surface area (Å²) in [5.74, 6) is 0.603. The summed E-state index contributed by atoms with van der Waals surface area (Å²) in [6.45, 7) is 0.273. The van der Waals surface area contributed by atoms with E-state index in [1.165, 1.54) is 37.0 Å². The molecule has 0 saturated carbocycles. The van der Waals surface area contributed by atoms with E-state index in [0.29, 0.717) is 5.75 Å². The van der Waals surface area contributed by atoms with Crippen LogP contribution in [0.15, 0.2) is 23.1 Å². The second kappa shape index (κ2) is 6.22. The Bertz CT molecular complexity index is 574. The first-order valence-electron chi connectivity index (χ1n) is 5.30. The van der Waals surface area contributed by atoms with Gasteiger partial charge in [-0.15, -0.1) is 0 Å². The molecule has 1 aromatic carbocycles. The van der Waals surface area contributed by atoms with Crippen LogP contribution < -0.4 is 5.73 Å². The van der Waals surface area contributed by atoms with Crippen molar-refractivity contribution in [1.82, 2.24) is 4.31 Å². The fourth-order valence-electron chi connectivity index (χ4n) is 1.45. The van der Waals surface area contributed by atoms with Crippen molar-refractivity contribution in [2.24, 2.45) is 0 Å². The highest BCUT2D eigenvalue weighted by Gasteiger charge is 2.30. The summed E-state index contributed by atoms with van der Waals surface area (Å²) < 4.78 is 25.6. The number of nitro benzene ring substituents is 1. The van der Waals surface area contributed by atoms with Crippen molar-refractivity contribution in [3.8, 4) is 0 Å².